The Morgan fingerprint density at radius 3 is 2.60 bits per heavy atom. The molecule has 0 aliphatic rings. The number of hydrogen-bond acceptors (Lipinski definition) is 4. The summed E-state index contributed by atoms with van der Waals surface area (Å²) in [4.78, 5) is 18.1. The van der Waals surface area contributed by atoms with Gasteiger partial charge in [-0.25, -0.2) is 4.79 Å². The van der Waals surface area contributed by atoms with E-state index in [1.54, 1.807) is 36.3 Å². The Balaban J connectivity index is 1.46. The van der Waals surface area contributed by atoms with Crippen LogP contribution in [0.1, 0.15) is 11.3 Å². The number of aryl methyl sites for hydroxylation is 1. The van der Waals surface area contributed by atoms with Crippen LogP contribution in [-0.4, -0.2) is 36.1 Å². The molecule has 1 aromatic heterocycles. The fraction of sp³-hybridized carbons (Fsp3) is 0.217. The molecule has 0 atom stereocenters. The fourth-order valence-corrected chi connectivity index (χ4v) is 2.82. The molecule has 0 aliphatic heterocycles. The van der Waals surface area contributed by atoms with Gasteiger partial charge >= 0.3 is 6.03 Å². The Morgan fingerprint density at radius 2 is 1.90 bits per heavy atom. The van der Waals surface area contributed by atoms with E-state index in [1.165, 1.54) is 5.56 Å². The van der Waals surface area contributed by atoms with Crippen LogP contribution in [0.2, 0.25) is 5.02 Å². The molecular weight excluding hydrogens is 402 g/mol. The van der Waals surface area contributed by atoms with E-state index >= 15 is 0 Å². The molecule has 2 amide bonds. The zero-order valence-electron chi connectivity index (χ0n) is 17.0. The van der Waals surface area contributed by atoms with E-state index in [1.807, 2.05) is 49.4 Å². The molecule has 1 N–H and O–H groups in total. The van der Waals surface area contributed by atoms with Crippen LogP contribution in [0.5, 0.6) is 11.5 Å². The van der Waals surface area contributed by atoms with Crippen LogP contribution in [0.3, 0.4) is 0 Å². The lowest BCUT2D eigenvalue weighted by atomic mass is 10.2. The van der Waals surface area contributed by atoms with E-state index in [4.69, 9.17) is 21.1 Å². The first-order chi connectivity index (χ1) is 14.5. The second-order valence-corrected chi connectivity index (χ2v) is 7.18. The number of ether oxygens (including phenoxy) is 2. The first-order valence-corrected chi connectivity index (χ1v) is 9.93. The smallest absolute Gasteiger partial charge is 0.321 e. The molecule has 0 radical (unpaired) electrons. The van der Waals surface area contributed by atoms with Crippen molar-refractivity contribution in [2.24, 2.45) is 0 Å². The standard InChI is InChI=1S/C23H24ClN3O3/c1-17-6-9-20(10-7-17)29-14-13-27(2)23(28)26-18-8-11-22(21(24)15-18)30-16-19-5-3-4-12-25-19/h3-12,15H,13-14,16H2,1-2H3,(H,26,28). The van der Waals surface area contributed by atoms with Crippen molar-refractivity contribution in [3.05, 3.63) is 83.1 Å². The van der Waals surface area contributed by atoms with Gasteiger partial charge in [0, 0.05) is 18.9 Å². The lowest BCUT2D eigenvalue weighted by molar-refractivity contribution is 0.207. The molecular formula is C23H24ClN3O3. The predicted molar refractivity (Wildman–Crippen MR) is 118 cm³/mol. The number of aromatic nitrogens is 1. The number of nitrogens with one attached hydrogen (secondary N) is 1. The van der Waals surface area contributed by atoms with E-state index in [0.717, 1.165) is 11.4 Å². The van der Waals surface area contributed by atoms with Crippen molar-refractivity contribution in [1.29, 1.82) is 0 Å². The molecule has 156 valence electrons. The highest BCUT2D eigenvalue weighted by Gasteiger charge is 2.11. The normalized spacial score (nSPS) is 10.4. The maximum absolute atomic E-state index is 12.4. The van der Waals surface area contributed by atoms with Crippen molar-refractivity contribution in [3.63, 3.8) is 0 Å². The molecule has 7 heteroatoms. The van der Waals surface area contributed by atoms with Crippen molar-refractivity contribution in [3.8, 4) is 11.5 Å². The third-order valence-corrected chi connectivity index (χ3v) is 4.64. The monoisotopic (exact) mass is 425 g/mol. The van der Waals surface area contributed by atoms with Crippen LogP contribution in [-0.2, 0) is 6.61 Å². The number of benzene rings is 2. The number of nitrogens with zero attached hydrogens (tertiary/aromatic N) is 2. The van der Waals surface area contributed by atoms with Gasteiger partial charge in [0.1, 0.15) is 24.7 Å². The van der Waals surface area contributed by atoms with Crippen LogP contribution in [0.4, 0.5) is 10.5 Å². The first-order valence-electron chi connectivity index (χ1n) is 9.55. The minimum Gasteiger partial charge on any atom is -0.492 e. The molecule has 3 rings (SSSR count). The average Bonchev–Trinajstić information content (AvgIpc) is 2.75. The Bertz CT molecular complexity index is 965. The van der Waals surface area contributed by atoms with Crippen LogP contribution in [0.25, 0.3) is 0 Å². The Kier molecular flexibility index (Phi) is 7.51. The predicted octanol–water partition coefficient (Wildman–Crippen LogP) is 5.17. The number of pyridine rings is 1. The van der Waals surface area contributed by atoms with Crippen molar-refractivity contribution >= 4 is 23.3 Å². The summed E-state index contributed by atoms with van der Waals surface area (Å²) in [6, 6.07) is 18.3. The third-order valence-electron chi connectivity index (χ3n) is 4.35. The lowest BCUT2D eigenvalue weighted by Gasteiger charge is -2.18. The van der Waals surface area contributed by atoms with Gasteiger partial charge in [0.2, 0.25) is 0 Å². The van der Waals surface area contributed by atoms with E-state index in [9.17, 15) is 4.79 Å². The first kappa shape index (κ1) is 21.5. The molecule has 0 saturated carbocycles. The second kappa shape index (κ2) is 10.5. The number of rotatable bonds is 8. The number of carbonyl (C=O) groups is 1. The maximum atomic E-state index is 12.4. The molecule has 0 aliphatic carbocycles. The summed E-state index contributed by atoms with van der Waals surface area (Å²) >= 11 is 6.29. The van der Waals surface area contributed by atoms with Crippen molar-refractivity contribution in [1.82, 2.24) is 9.88 Å². The topological polar surface area (TPSA) is 63.7 Å². The molecule has 0 unspecified atom stereocenters. The van der Waals surface area contributed by atoms with Gasteiger partial charge < -0.3 is 19.7 Å². The Morgan fingerprint density at radius 1 is 1.10 bits per heavy atom. The van der Waals surface area contributed by atoms with Crippen LogP contribution < -0.4 is 14.8 Å². The van der Waals surface area contributed by atoms with Gasteiger partial charge in [-0.15, -0.1) is 0 Å². The molecule has 30 heavy (non-hydrogen) atoms. The van der Waals surface area contributed by atoms with Crippen molar-refractivity contribution < 1.29 is 14.3 Å². The van der Waals surface area contributed by atoms with Crippen molar-refractivity contribution in [2.75, 3.05) is 25.5 Å². The highest BCUT2D eigenvalue weighted by molar-refractivity contribution is 6.32. The summed E-state index contributed by atoms with van der Waals surface area (Å²) in [5.41, 5.74) is 2.56. The van der Waals surface area contributed by atoms with Gasteiger partial charge in [-0.05, 0) is 49.4 Å². The summed E-state index contributed by atoms with van der Waals surface area (Å²) in [6.45, 7) is 3.18. The zero-order chi connectivity index (χ0) is 21.3. The van der Waals surface area contributed by atoms with E-state index in [0.29, 0.717) is 36.2 Å². The lowest BCUT2D eigenvalue weighted by Crippen LogP contribution is -2.34. The summed E-state index contributed by atoms with van der Waals surface area (Å²) in [6.07, 6.45) is 1.71. The number of anilines is 1. The maximum Gasteiger partial charge on any atom is 0.321 e. The van der Waals surface area contributed by atoms with Gasteiger partial charge in [-0.2, -0.15) is 0 Å². The zero-order valence-corrected chi connectivity index (χ0v) is 17.7. The van der Waals surface area contributed by atoms with Crippen LogP contribution in [0.15, 0.2) is 66.9 Å². The molecule has 0 spiro atoms. The van der Waals surface area contributed by atoms with Crippen molar-refractivity contribution in [2.45, 2.75) is 13.5 Å². The van der Waals surface area contributed by atoms with Gasteiger partial charge in [0.15, 0.2) is 0 Å². The molecule has 2 aromatic carbocycles. The number of urea groups is 1. The van der Waals surface area contributed by atoms with E-state index < -0.39 is 0 Å². The highest BCUT2D eigenvalue weighted by atomic mass is 35.5. The summed E-state index contributed by atoms with van der Waals surface area (Å²) in [5, 5.41) is 3.23. The molecule has 0 saturated heterocycles. The van der Waals surface area contributed by atoms with Gasteiger partial charge in [-0.3, -0.25) is 4.98 Å². The molecule has 0 fully saturated rings. The summed E-state index contributed by atoms with van der Waals surface area (Å²) in [5.74, 6) is 1.31. The number of carbonyl (C=O) groups excluding carboxylic acids is 1. The SMILES string of the molecule is Cc1ccc(OCCN(C)C(=O)Nc2ccc(OCc3ccccn3)c(Cl)c2)cc1. The van der Waals surface area contributed by atoms with Gasteiger partial charge in [0.25, 0.3) is 0 Å². The number of amides is 2. The Hall–Kier alpha value is -3.25. The Labute approximate surface area is 181 Å². The molecule has 6 nitrogen and oxygen atoms in total. The van der Waals surface area contributed by atoms with Gasteiger partial charge in [0.05, 0.1) is 17.3 Å². The van der Waals surface area contributed by atoms with Crippen LogP contribution >= 0.6 is 11.6 Å². The highest BCUT2D eigenvalue weighted by Crippen LogP contribution is 2.28. The van der Waals surface area contributed by atoms with Crippen LogP contribution in [0, 0.1) is 6.92 Å². The largest absolute Gasteiger partial charge is 0.492 e. The molecule has 3 aromatic rings. The summed E-state index contributed by atoms with van der Waals surface area (Å²) < 4.78 is 11.4. The fourth-order valence-electron chi connectivity index (χ4n) is 2.59. The minimum atomic E-state index is -0.249. The van der Waals surface area contributed by atoms with Gasteiger partial charge in [-0.1, -0.05) is 35.4 Å². The second-order valence-electron chi connectivity index (χ2n) is 6.77. The number of hydrogen-bond donors (Lipinski definition) is 1. The number of likely N-dealkylation sites (N-methyl/N-ethyl adjacent to an activating group) is 1. The number of halogens is 1. The van der Waals surface area contributed by atoms with E-state index in [-0.39, 0.29) is 6.03 Å². The summed E-state index contributed by atoms with van der Waals surface area (Å²) in [7, 11) is 1.71. The molecule has 0 bridgehead atoms. The average molecular weight is 426 g/mol. The minimum absolute atomic E-state index is 0.249. The quantitative estimate of drug-likeness (QED) is 0.541. The van der Waals surface area contributed by atoms with E-state index in [2.05, 4.69) is 10.3 Å². The third kappa shape index (κ3) is 6.39. The molecule has 1 heterocycles.